The van der Waals surface area contributed by atoms with Crippen LogP contribution in [0.15, 0.2) is 36.5 Å². The second-order valence-electron chi connectivity index (χ2n) is 16.7. The highest BCUT2D eigenvalue weighted by Crippen LogP contribution is 2.42. The highest BCUT2D eigenvalue weighted by Gasteiger charge is 2.45. The van der Waals surface area contributed by atoms with Crippen LogP contribution in [0, 0.1) is 23.1 Å². The molecule has 2 aliphatic rings. The Morgan fingerprint density at radius 1 is 0.982 bits per heavy atom. The van der Waals surface area contributed by atoms with Gasteiger partial charge in [0.25, 0.3) is 0 Å². The van der Waals surface area contributed by atoms with E-state index in [0.717, 1.165) is 12.8 Å². The van der Waals surface area contributed by atoms with Crippen LogP contribution in [0.3, 0.4) is 0 Å². The van der Waals surface area contributed by atoms with E-state index in [9.17, 15) is 14.7 Å². The van der Waals surface area contributed by atoms with E-state index < -0.39 is 31.3 Å². The first-order valence-corrected chi connectivity index (χ1v) is 21.4. The lowest BCUT2D eigenvalue weighted by Crippen LogP contribution is -2.57. The number of carbonyl (C=O) groups excluding carboxylic acids is 1. The van der Waals surface area contributed by atoms with Gasteiger partial charge in [0.2, 0.25) is 0 Å². The quantitative estimate of drug-likeness (QED) is 0.131. The maximum Gasteiger partial charge on any atom is 0.410 e. The Kier molecular flexibility index (Phi) is 11.1. The van der Waals surface area contributed by atoms with Gasteiger partial charge in [0.1, 0.15) is 43.1 Å². The number of halogens is 2. The summed E-state index contributed by atoms with van der Waals surface area (Å²) in [4.78, 5) is 42.0. The smallest absolute Gasteiger partial charge is 0.410 e. The summed E-state index contributed by atoms with van der Waals surface area (Å²) in [5, 5.41) is 10.7. The van der Waals surface area contributed by atoms with Gasteiger partial charge in [0.05, 0.1) is 29.5 Å². The highest BCUT2D eigenvalue weighted by atomic mass is 28.3. The predicted octanol–water partition coefficient (Wildman–Crippen LogP) is 9.13. The minimum Gasteiger partial charge on any atom is -0.481 e. The van der Waals surface area contributed by atoms with Gasteiger partial charge in [-0.2, -0.15) is 9.97 Å². The van der Waals surface area contributed by atoms with Crippen LogP contribution < -0.4 is 9.64 Å². The van der Waals surface area contributed by atoms with Crippen molar-refractivity contribution in [3.63, 3.8) is 0 Å². The van der Waals surface area contributed by atoms with Crippen molar-refractivity contribution in [1.82, 2.24) is 19.9 Å². The molecule has 4 aromatic rings. The number of benzene rings is 2. The summed E-state index contributed by atoms with van der Waals surface area (Å²) in [6.45, 7) is 19.3. The maximum absolute atomic E-state index is 17.2. The fourth-order valence-corrected chi connectivity index (χ4v) is 13.9. The van der Waals surface area contributed by atoms with E-state index in [0.29, 0.717) is 57.3 Å². The van der Waals surface area contributed by atoms with Crippen molar-refractivity contribution in [2.24, 2.45) is 0 Å². The van der Waals surface area contributed by atoms with Crippen LogP contribution in [0.25, 0.3) is 32.9 Å². The number of anilines is 1. The molecule has 0 saturated carbocycles. The summed E-state index contributed by atoms with van der Waals surface area (Å²) >= 11 is 0. The molecule has 2 unspecified atom stereocenters. The lowest BCUT2D eigenvalue weighted by atomic mass is 9.96. The van der Waals surface area contributed by atoms with Crippen molar-refractivity contribution in [3.8, 4) is 28.7 Å². The van der Waals surface area contributed by atoms with Crippen molar-refractivity contribution in [2.75, 3.05) is 24.6 Å². The molecule has 0 spiro atoms. The summed E-state index contributed by atoms with van der Waals surface area (Å²) in [5.41, 5.74) is 4.42. The standard InChI is InChI=1S/C42H51F2N5O5Si/c1-24(2)55(25(3)4,26(5)6)20-18-30-33(43)16-13-27-11-10-12-31(35(27)30)37-36(44)38-32(21-45-37)39(47-40(46-38)53-19-17-34(50)51)48-22-28-14-15-29(23-48)49(28)41(52)54-42(7,8)9/h10-13,16,21,24-26,28-29H,14-15,17,19,22-23H2,1-9H3,(H,50,51). The molecule has 13 heteroatoms. The molecule has 4 heterocycles. The number of aromatic nitrogens is 3. The Bertz CT molecular complexity index is 2160. The van der Waals surface area contributed by atoms with Crippen LogP contribution in [0.4, 0.5) is 19.4 Å². The molecule has 2 bridgehead atoms. The Balaban J connectivity index is 1.49. The van der Waals surface area contributed by atoms with Crippen LogP contribution in [-0.4, -0.2) is 82.5 Å². The molecule has 0 radical (unpaired) electrons. The van der Waals surface area contributed by atoms with Crippen LogP contribution in [0.5, 0.6) is 6.01 Å². The molecule has 2 aromatic carbocycles. The Labute approximate surface area is 322 Å². The fourth-order valence-electron chi connectivity index (χ4n) is 8.71. The fraction of sp³-hybridized carbons (Fsp3) is 0.500. The van der Waals surface area contributed by atoms with Crippen LogP contribution in [0.1, 0.15) is 87.1 Å². The van der Waals surface area contributed by atoms with Gasteiger partial charge in [-0.1, -0.05) is 71.7 Å². The topological polar surface area (TPSA) is 118 Å². The number of nitrogens with zero attached hydrogens (tertiary/aromatic N) is 5. The number of fused-ring (bicyclic) bond motifs is 4. The van der Waals surface area contributed by atoms with Gasteiger partial charge in [0, 0.05) is 30.2 Å². The van der Waals surface area contributed by atoms with Crippen LogP contribution >= 0.6 is 0 Å². The zero-order valence-corrected chi connectivity index (χ0v) is 34.2. The largest absolute Gasteiger partial charge is 0.481 e. The lowest BCUT2D eigenvalue weighted by Gasteiger charge is -2.42. The summed E-state index contributed by atoms with van der Waals surface area (Å²) in [7, 11) is -2.26. The summed E-state index contributed by atoms with van der Waals surface area (Å²) in [6.07, 6.45) is 2.37. The normalized spacial score (nSPS) is 17.3. The molecule has 2 atom stereocenters. The number of carbonyl (C=O) groups is 2. The summed E-state index contributed by atoms with van der Waals surface area (Å²) < 4.78 is 44.5. The first kappa shape index (κ1) is 39.8. The molecule has 6 rings (SSSR count). The number of hydrogen-bond donors (Lipinski definition) is 1. The number of pyridine rings is 1. The third kappa shape index (κ3) is 7.70. The molecule has 0 aliphatic carbocycles. The van der Waals surface area contributed by atoms with Crippen molar-refractivity contribution >= 4 is 47.6 Å². The van der Waals surface area contributed by atoms with E-state index in [1.54, 1.807) is 23.1 Å². The van der Waals surface area contributed by atoms with Crippen molar-refractivity contribution in [1.29, 1.82) is 0 Å². The van der Waals surface area contributed by atoms with E-state index in [1.165, 1.54) is 12.3 Å². The molecular formula is C42H51F2N5O5Si. The molecule has 10 nitrogen and oxygen atoms in total. The summed E-state index contributed by atoms with van der Waals surface area (Å²) in [6, 6.07) is 7.88. The number of rotatable bonds is 9. The molecule has 55 heavy (non-hydrogen) atoms. The molecule has 1 N–H and O–H groups in total. The minimum absolute atomic E-state index is 0.0391. The first-order valence-electron chi connectivity index (χ1n) is 19.1. The second kappa shape index (κ2) is 15.4. The minimum atomic E-state index is -2.26. The number of carboxylic acids is 1. The van der Waals surface area contributed by atoms with Gasteiger partial charge < -0.3 is 19.5 Å². The van der Waals surface area contributed by atoms with Gasteiger partial charge in [-0.15, -0.1) is 5.54 Å². The third-order valence-electron chi connectivity index (χ3n) is 11.1. The number of piperazine rings is 1. The average molecular weight is 772 g/mol. The molecule has 2 fully saturated rings. The van der Waals surface area contributed by atoms with Crippen LogP contribution in [0.2, 0.25) is 16.6 Å². The monoisotopic (exact) mass is 771 g/mol. The lowest BCUT2D eigenvalue weighted by molar-refractivity contribution is -0.137. The van der Waals surface area contributed by atoms with E-state index in [-0.39, 0.29) is 54.0 Å². The maximum atomic E-state index is 17.2. The highest BCUT2D eigenvalue weighted by molar-refractivity contribution is 6.90. The number of hydrogen-bond acceptors (Lipinski definition) is 8. The zero-order valence-electron chi connectivity index (χ0n) is 33.2. The number of amides is 1. The number of ether oxygens (including phenoxy) is 2. The molecule has 292 valence electrons. The van der Waals surface area contributed by atoms with Gasteiger partial charge >= 0.3 is 18.1 Å². The summed E-state index contributed by atoms with van der Waals surface area (Å²) in [5.74, 6) is 1.33. The van der Waals surface area contributed by atoms with Gasteiger partial charge in [-0.05, 0) is 61.7 Å². The molecule has 2 aromatic heterocycles. The Hall–Kier alpha value is -4.83. The van der Waals surface area contributed by atoms with Crippen molar-refractivity contribution < 1.29 is 33.0 Å². The SMILES string of the molecule is CC(C)[Si](C#Cc1c(F)ccc2cccc(-c3ncc4c(N5CC6CCC(C5)N6C(=O)OC(C)(C)C)nc(OCCC(=O)O)nc4c3F)c12)(C(C)C)C(C)C. The number of aliphatic carboxylic acids is 1. The van der Waals surface area contributed by atoms with E-state index in [2.05, 4.69) is 68.0 Å². The zero-order chi connectivity index (χ0) is 40.0. The van der Waals surface area contributed by atoms with Gasteiger partial charge in [-0.25, -0.2) is 13.6 Å². The van der Waals surface area contributed by atoms with Gasteiger partial charge in [-0.3, -0.25) is 14.7 Å². The van der Waals surface area contributed by atoms with Crippen molar-refractivity contribution in [2.45, 2.75) is 116 Å². The van der Waals surface area contributed by atoms with E-state index in [4.69, 9.17) is 9.47 Å². The van der Waals surface area contributed by atoms with Crippen LogP contribution in [-0.2, 0) is 9.53 Å². The van der Waals surface area contributed by atoms with Gasteiger partial charge in [0.15, 0.2) is 5.82 Å². The molecular weight excluding hydrogens is 721 g/mol. The third-order valence-corrected chi connectivity index (χ3v) is 17.4. The second-order valence-corrected chi connectivity index (χ2v) is 22.2. The predicted molar refractivity (Wildman–Crippen MR) is 213 cm³/mol. The van der Waals surface area contributed by atoms with E-state index in [1.807, 2.05) is 31.7 Å². The van der Waals surface area contributed by atoms with E-state index >= 15 is 8.78 Å². The Morgan fingerprint density at radius 2 is 1.64 bits per heavy atom. The number of carboxylic acid groups (broad SMARTS) is 1. The molecule has 2 saturated heterocycles. The first-order chi connectivity index (χ1) is 25.9. The van der Waals surface area contributed by atoms with Crippen molar-refractivity contribution in [3.05, 3.63) is 53.7 Å². The molecule has 1 amide bonds. The average Bonchev–Trinajstić information content (AvgIpc) is 3.37. The molecule has 2 aliphatic heterocycles. The Morgan fingerprint density at radius 3 is 2.24 bits per heavy atom.